The van der Waals surface area contributed by atoms with Crippen molar-refractivity contribution in [3.8, 4) is 0 Å². The van der Waals surface area contributed by atoms with Gasteiger partial charge in [-0.1, -0.05) is 42.1 Å². The second kappa shape index (κ2) is 9.28. The Morgan fingerprint density at radius 2 is 1.79 bits per heavy atom. The van der Waals surface area contributed by atoms with E-state index in [0.29, 0.717) is 18.8 Å². The summed E-state index contributed by atoms with van der Waals surface area (Å²) in [5, 5.41) is 6.00. The quantitative estimate of drug-likeness (QED) is 0.600. The van der Waals surface area contributed by atoms with Crippen molar-refractivity contribution >= 4 is 50.9 Å². The molecule has 0 unspecified atom stereocenters. The molecule has 4 rings (SSSR count). The number of anilines is 1. The van der Waals surface area contributed by atoms with Gasteiger partial charge < -0.3 is 15.5 Å². The lowest BCUT2D eigenvalue weighted by atomic mass is 10.1. The van der Waals surface area contributed by atoms with Crippen molar-refractivity contribution in [2.45, 2.75) is 23.2 Å². The van der Waals surface area contributed by atoms with Crippen molar-refractivity contribution in [3.63, 3.8) is 0 Å². The minimum atomic E-state index is -0.0904. The number of aromatic nitrogens is 1. The lowest BCUT2D eigenvalue weighted by molar-refractivity contribution is -0.119. The van der Waals surface area contributed by atoms with Gasteiger partial charge in [0.15, 0.2) is 4.34 Å². The summed E-state index contributed by atoms with van der Waals surface area (Å²) in [5.41, 5.74) is 1.77. The van der Waals surface area contributed by atoms with Crippen LogP contribution in [0, 0.1) is 0 Å². The molecule has 2 N–H and O–H groups in total. The van der Waals surface area contributed by atoms with Gasteiger partial charge in [0.25, 0.3) is 0 Å². The minimum absolute atomic E-state index is 0.0152. The first-order valence-electron chi connectivity index (χ1n) is 9.56. The molecule has 0 aliphatic carbocycles. The molecular weight excluding hydrogens is 404 g/mol. The molecule has 0 atom stereocenters. The molecule has 3 amide bonds. The van der Waals surface area contributed by atoms with Crippen LogP contribution in [-0.4, -0.2) is 46.7 Å². The Balaban J connectivity index is 1.20. The molecule has 0 spiro atoms. The van der Waals surface area contributed by atoms with Gasteiger partial charge >= 0.3 is 6.03 Å². The number of nitrogens with zero attached hydrogens (tertiary/aromatic N) is 2. The van der Waals surface area contributed by atoms with Crippen LogP contribution < -0.4 is 10.6 Å². The molecular formula is C21H22N4O2S2. The van der Waals surface area contributed by atoms with Crippen LogP contribution in [0.4, 0.5) is 10.5 Å². The number of amides is 3. The minimum Gasteiger partial charge on any atom is -0.353 e. The molecule has 1 saturated heterocycles. The van der Waals surface area contributed by atoms with E-state index in [2.05, 4.69) is 15.6 Å². The molecule has 3 aromatic rings. The van der Waals surface area contributed by atoms with Gasteiger partial charge in [-0.05, 0) is 37.1 Å². The van der Waals surface area contributed by atoms with Crippen LogP contribution in [0.25, 0.3) is 10.2 Å². The Hall–Kier alpha value is -2.58. The summed E-state index contributed by atoms with van der Waals surface area (Å²) < 4.78 is 2.05. The van der Waals surface area contributed by atoms with E-state index in [1.54, 1.807) is 16.2 Å². The predicted octanol–water partition coefficient (Wildman–Crippen LogP) is 4.20. The van der Waals surface area contributed by atoms with Crippen LogP contribution in [0.2, 0.25) is 0 Å². The number of urea groups is 1. The topological polar surface area (TPSA) is 74.3 Å². The zero-order valence-corrected chi connectivity index (χ0v) is 17.5. The number of likely N-dealkylation sites (tertiary alicyclic amines) is 1. The average molecular weight is 427 g/mol. The fourth-order valence-corrected chi connectivity index (χ4v) is 5.14. The molecule has 1 aromatic heterocycles. The summed E-state index contributed by atoms with van der Waals surface area (Å²) in [7, 11) is 0. The number of piperidine rings is 1. The van der Waals surface area contributed by atoms with E-state index in [-0.39, 0.29) is 18.0 Å². The van der Waals surface area contributed by atoms with E-state index >= 15 is 0 Å². The van der Waals surface area contributed by atoms with E-state index in [4.69, 9.17) is 0 Å². The van der Waals surface area contributed by atoms with Crippen molar-refractivity contribution in [2.75, 3.05) is 24.2 Å². The van der Waals surface area contributed by atoms with Crippen LogP contribution in [0.1, 0.15) is 12.8 Å². The smallest absolute Gasteiger partial charge is 0.321 e. The number of benzene rings is 2. The third kappa shape index (κ3) is 5.27. The molecule has 6 nitrogen and oxygen atoms in total. The fourth-order valence-electron chi connectivity index (χ4n) is 3.26. The third-order valence-electron chi connectivity index (χ3n) is 4.77. The van der Waals surface area contributed by atoms with Gasteiger partial charge in [-0.25, -0.2) is 9.78 Å². The molecule has 1 fully saturated rings. The zero-order valence-electron chi connectivity index (χ0n) is 15.8. The van der Waals surface area contributed by atoms with Crippen molar-refractivity contribution in [3.05, 3.63) is 54.6 Å². The highest BCUT2D eigenvalue weighted by molar-refractivity contribution is 8.01. The Morgan fingerprint density at radius 1 is 1.07 bits per heavy atom. The second-order valence-corrected chi connectivity index (χ2v) is 9.11. The summed E-state index contributed by atoms with van der Waals surface area (Å²) in [5.74, 6) is 0.371. The molecule has 1 aliphatic rings. The first-order valence-corrected chi connectivity index (χ1v) is 11.4. The molecule has 150 valence electrons. The van der Waals surface area contributed by atoms with Crippen LogP contribution in [0.15, 0.2) is 58.9 Å². The largest absolute Gasteiger partial charge is 0.353 e. The van der Waals surface area contributed by atoms with Gasteiger partial charge in [0.05, 0.1) is 16.0 Å². The Labute approximate surface area is 177 Å². The van der Waals surface area contributed by atoms with E-state index in [9.17, 15) is 9.59 Å². The number of rotatable bonds is 5. The van der Waals surface area contributed by atoms with Gasteiger partial charge in [-0.15, -0.1) is 11.3 Å². The molecule has 29 heavy (non-hydrogen) atoms. The van der Waals surface area contributed by atoms with Crippen molar-refractivity contribution in [2.24, 2.45) is 0 Å². The first kappa shape index (κ1) is 19.7. The number of para-hydroxylation sites is 2. The van der Waals surface area contributed by atoms with Crippen LogP contribution >= 0.6 is 23.1 Å². The highest BCUT2D eigenvalue weighted by Gasteiger charge is 2.24. The molecule has 0 bridgehead atoms. The lowest BCUT2D eigenvalue weighted by Crippen LogP contribution is -2.48. The van der Waals surface area contributed by atoms with Crippen LogP contribution in [0.5, 0.6) is 0 Å². The number of carbonyl (C=O) groups excluding carboxylic acids is 2. The standard InChI is InChI=1S/C21H22N4O2S2/c26-19(14-28-21-24-17-8-4-5-9-18(17)29-21)22-16-10-12-25(13-11-16)20(27)23-15-6-2-1-3-7-15/h1-9,16H,10-14H2,(H,22,26)(H,23,27). The highest BCUT2D eigenvalue weighted by atomic mass is 32.2. The van der Waals surface area contributed by atoms with Crippen molar-refractivity contribution in [1.82, 2.24) is 15.2 Å². The molecule has 8 heteroatoms. The van der Waals surface area contributed by atoms with Crippen LogP contribution in [-0.2, 0) is 4.79 Å². The number of carbonyl (C=O) groups is 2. The van der Waals surface area contributed by atoms with Gasteiger partial charge in [0, 0.05) is 24.8 Å². The van der Waals surface area contributed by atoms with E-state index in [0.717, 1.165) is 33.1 Å². The normalized spacial score (nSPS) is 14.7. The number of thiazole rings is 1. The monoisotopic (exact) mass is 426 g/mol. The fraction of sp³-hybridized carbons (Fsp3) is 0.286. The third-order valence-corrected chi connectivity index (χ3v) is 6.95. The Morgan fingerprint density at radius 3 is 2.55 bits per heavy atom. The van der Waals surface area contributed by atoms with Gasteiger partial charge in [-0.3, -0.25) is 4.79 Å². The molecule has 0 saturated carbocycles. The maximum absolute atomic E-state index is 12.3. The predicted molar refractivity (Wildman–Crippen MR) is 119 cm³/mol. The Kier molecular flexibility index (Phi) is 6.31. The number of nitrogens with one attached hydrogen (secondary N) is 2. The second-order valence-electron chi connectivity index (χ2n) is 6.86. The molecule has 0 radical (unpaired) electrons. The maximum atomic E-state index is 12.3. The number of thioether (sulfide) groups is 1. The summed E-state index contributed by atoms with van der Waals surface area (Å²) in [6.07, 6.45) is 1.53. The van der Waals surface area contributed by atoms with Gasteiger partial charge in [0.2, 0.25) is 5.91 Å². The van der Waals surface area contributed by atoms with E-state index in [1.807, 2.05) is 54.6 Å². The molecule has 1 aliphatic heterocycles. The summed E-state index contributed by atoms with van der Waals surface area (Å²) in [6.45, 7) is 1.27. The van der Waals surface area contributed by atoms with Crippen molar-refractivity contribution < 1.29 is 9.59 Å². The SMILES string of the molecule is O=C(CSc1nc2ccccc2s1)NC1CCN(C(=O)Nc2ccccc2)CC1. The Bertz CT molecular complexity index is 952. The maximum Gasteiger partial charge on any atom is 0.321 e. The summed E-state index contributed by atoms with van der Waals surface area (Å²) >= 11 is 3.08. The molecule has 2 heterocycles. The van der Waals surface area contributed by atoms with Gasteiger partial charge in [-0.2, -0.15) is 0 Å². The summed E-state index contributed by atoms with van der Waals surface area (Å²) in [4.78, 5) is 31.0. The highest BCUT2D eigenvalue weighted by Crippen LogP contribution is 2.29. The summed E-state index contributed by atoms with van der Waals surface area (Å²) in [6, 6.07) is 17.4. The van der Waals surface area contributed by atoms with Crippen LogP contribution in [0.3, 0.4) is 0 Å². The number of hydrogen-bond acceptors (Lipinski definition) is 5. The van der Waals surface area contributed by atoms with Crippen molar-refractivity contribution in [1.29, 1.82) is 0 Å². The lowest BCUT2D eigenvalue weighted by Gasteiger charge is -2.32. The first-order chi connectivity index (χ1) is 14.2. The number of fused-ring (bicyclic) bond motifs is 1. The average Bonchev–Trinajstić information content (AvgIpc) is 3.17. The molecule has 2 aromatic carbocycles. The van der Waals surface area contributed by atoms with E-state index < -0.39 is 0 Å². The van der Waals surface area contributed by atoms with Gasteiger partial charge in [0.1, 0.15) is 0 Å². The van der Waals surface area contributed by atoms with E-state index in [1.165, 1.54) is 11.8 Å². The zero-order chi connectivity index (χ0) is 20.1. The number of hydrogen-bond donors (Lipinski definition) is 2.